The molecule has 3 nitrogen and oxygen atoms in total. The molecule has 16 heavy (non-hydrogen) atoms. The molecule has 1 aromatic carbocycles. The van der Waals surface area contributed by atoms with Gasteiger partial charge in [-0.25, -0.2) is 0 Å². The lowest BCUT2D eigenvalue weighted by atomic mass is 10.1. The first-order valence-corrected chi connectivity index (χ1v) is 5.51. The molecule has 0 heterocycles. The summed E-state index contributed by atoms with van der Waals surface area (Å²) in [7, 11) is 1.71. The lowest BCUT2D eigenvalue weighted by Gasteiger charge is -2.08. The van der Waals surface area contributed by atoms with E-state index in [4.69, 9.17) is 10.00 Å². The van der Waals surface area contributed by atoms with E-state index in [1.807, 2.05) is 25.1 Å². The number of rotatable bonds is 6. The lowest BCUT2D eigenvalue weighted by molar-refractivity contribution is 0.194. The zero-order valence-electron chi connectivity index (χ0n) is 9.92. The summed E-state index contributed by atoms with van der Waals surface area (Å²) in [5.74, 6) is 0. The molecule has 0 saturated carbocycles. The fraction of sp³-hybridized carbons (Fsp3) is 0.462. The number of aryl methyl sites for hydroxylation is 1. The monoisotopic (exact) mass is 218 g/mol. The zero-order chi connectivity index (χ0) is 11.8. The Kier molecular flexibility index (Phi) is 5.38. The van der Waals surface area contributed by atoms with Crippen molar-refractivity contribution in [3.63, 3.8) is 0 Å². The molecule has 0 bridgehead atoms. The Bertz CT molecular complexity index is 369. The maximum absolute atomic E-state index is 8.94. The summed E-state index contributed by atoms with van der Waals surface area (Å²) in [5, 5.41) is 12.2. The summed E-state index contributed by atoms with van der Waals surface area (Å²) in [5.41, 5.74) is 2.80. The lowest BCUT2D eigenvalue weighted by Crippen LogP contribution is -2.04. The van der Waals surface area contributed by atoms with E-state index in [0.29, 0.717) is 5.56 Å². The molecular weight excluding hydrogens is 200 g/mol. The quantitative estimate of drug-likeness (QED) is 0.747. The second kappa shape index (κ2) is 6.86. The van der Waals surface area contributed by atoms with E-state index >= 15 is 0 Å². The van der Waals surface area contributed by atoms with Gasteiger partial charge in [-0.05, 0) is 37.5 Å². The molecule has 0 spiro atoms. The molecular formula is C13H18N2O. The van der Waals surface area contributed by atoms with Gasteiger partial charge in [0.15, 0.2) is 0 Å². The standard InChI is InChI=1S/C13H18N2O/c1-11-5-6-12(10-14)13(9-11)15-7-3-4-8-16-2/h5-6,9,15H,3-4,7-8H2,1-2H3. The summed E-state index contributed by atoms with van der Waals surface area (Å²) in [6, 6.07) is 8.00. The first kappa shape index (κ1) is 12.5. The van der Waals surface area contributed by atoms with Gasteiger partial charge in [-0.2, -0.15) is 5.26 Å². The van der Waals surface area contributed by atoms with E-state index in [2.05, 4.69) is 11.4 Å². The molecule has 86 valence electrons. The first-order valence-electron chi connectivity index (χ1n) is 5.51. The van der Waals surface area contributed by atoms with Crippen molar-refractivity contribution in [3.05, 3.63) is 29.3 Å². The van der Waals surface area contributed by atoms with Crippen molar-refractivity contribution in [2.45, 2.75) is 19.8 Å². The Balaban J connectivity index is 2.46. The number of nitriles is 1. The SMILES string of the molecule is COCCCCNc1cc(C)ccc1C#N. The Morgan fingerprint density at radius 2 is 2.19 bits per heavy atom. The largest absolute Gasteiger partial charge is 0.385 e. The molecule has 1 aromatic rings. The Hall–Kier alpha value is -1.53. The normalized spacial score (nSPS) is 9.81. The van der Waals surface area contributed by atoms with E-state index in [-0.39, 0.29) is 0 Å². The summed E-state index contributed by atoms with van der Waals surface area (Å²) in [4.78, 5) is 0. The van der Waals surface area contributed by atoms with E-state index in [0.717, 1.165) is 31.7 Å². The fourth-order valence-corrected chi connectivity index (χ4v) is 1.50. The molecule has 0 aromatic heterocycles. The fourth-order valence-electron chi connectivity index (χ4n) is 1.50. The molecule has 0 aliphatic rings. The van der Waals surface area contributed by atoms with Crippen LogP contribution in [-0.4, -0.2) is 20.3 Å². The minimum Gasteiger partial charge on any atom is -0.385 e. The Morgan fingerprint density at radius 1 is 1.38 bits per heavy atom. The number of nitrogens with zero attached hydrogens (tertiary/aromatic N) is 1. The van der Waals surface area contributed by atoms with Crippen molar-refractivity contribution in [1.82, 2.24) is 0 Å². The topological polar surface area (TPSA) is 45.0 Å². The first-order chi connectivity index (χ1) is 7.77. The number of anilines is 1. The summed E-state index contributed by atoms with van der Waals surface area (Å²) < 4.78 is 4.98. The molecule has 0 amide bonds. The molecule has 3 heteroatoms. The van der Waals surface area contributed by atoms with Gasteiger partial charge >= 0.3 is 0 Å². The van der Waals surface area contributed by atoms with Gasteiger partial charge in [-0.3, -0.25) is 0 Å². The van der Waals surface area contributed by atoms with Crippen molar-refractivity contribution in [2.75, 3.05) is 25.6 Å². The van der Waals surface area contributed by atoms with Crippen LogP contribution in [0, 0.1) is 18.3 Å². The van der Waals surface area contributed by atoms with E-state index in [1.54, 1.807) is 7.11 Å². The van der Waals surface area contributed by atoms with Gasteiger partial charge in [0, 0.05) is 20.3 Å². The molecule has 1 N–H and O–H groups in total. The van der Waals surface area contributed by atoms with Crippen LogP contribution in [0.2, 0.25) is 0 Å². The summed E-state index contributed by atoms with van der Waals surface area (Å²) in [6.07, 6.45) is 2.09. The number of ether oxygens (including phenoxy) is 1. The minimum atomic E-state index is 0.706. The third-order valence-electron chi connectivity index (χ3n) is 2.39. The van der Waals surface area contributed by atoms with Gasteiger partial charge in [-0.15, -0.1) is 0 Å². The third kappa shape index (κ3) is 3.92. The predicted molar refractivity (Wildman–Crippen MR) is 65.5 cm³/mol. The maximum atomic E-state index is 8.94. The van der Waals surface area contributed by atoms with Gasteiger partial charge in [0.25, 0.3) is 0 Å². The van der Waals surface area contributed by atoms with Gasteiger partial charge in [0.05, 0.1) is 11.3 Å². The van der Waals surface area contributed by atoms with Crippen LogP contribution in [0.4, 0.5) is 5.69 Å². The van der Waals surface area contributed by atoms with Gasteiger partial charge in [-0.1, -0.05) is 6.07 Å². The zero-order valence-corrected chi connectivity index (χ0v) is 9.92. The van der Waals surface area contributed by atoms with Crippen LogP contribution in [0.15, 0.2) is 18.2 Å². The van der Waals surface area contributed by atoms with Crippen LogP contribution in [0.1, 0.15) is 24.0 Å². The minimum absolute atomic E-state index is 0.706. The highest BCUT2D eigenvalue weighted by Crippen LogP contribution is 2.16. The second-order valence-electron chi connectivity index (χ2n) is 3.79. The maximum Gasteiger partial charge on any atom is 0.101 e. The number of unbranched alkanes of at least 4 members (excludes halogenated alkanes) is 1. The van der Waals surface area contributed by atoms with Crippen molar-refractivity contribution in [2.24, 2.45) is 0 Å². The molecule has 0 radical (unpaired) electrons. The van der Waals surface area contributed by atoms with Gasteiger partial charge < -0.3 is 10.1 Å². The smallest absolute Gasteiger partial charge is 0.101 e. The molecule has 0 atom stereocenters. The van der Waals surface area contributed by atoms with Crippen LogP contribution in [0.5, 0.6) is 0 Å². The summed E-state index contributed by atoms with van der Waals surface area (Å²) in [6.45, 7) is 3.69. The average molecular weight is 218 g/mol. The van der Waals surface area contributed by atoms with Crippen molar-refractivity contribution in [3.8, 4) is 6.07 Å². The van der Waals surface area contributed by atoms with E-state index in [1.165, 1.54) is 5.56 Å². The molecule has 0 fully saturated rings. The van der Waals surface area contributed by atoms with Gasteiger partial charge in [0.1, 0.15) is 6.07 Å². The van der Waals surface area contributed by atoms with Crippen LogP contribution in [0.25, 0.3) is 0 Å². The highest BCUT2D eigenvalue weighted by molar-refractivity contribution is 5.58. The molecule has 0 unspecified atom stereocenters. The third-order valence-corrected chi connectivity index (χ3v) is 2.39. The number of benzene rings is 1. The van der Waals surface area contributed by atoms with Crippen LogP contribution >= 0.6 is 0 Å². The van der Waals surface area contributed by atoms with Crippen molar-refractivity contribution >= 4 is 5.69 Å². The number of methoxy groups -OCH3 is 1. The Labute approximate surface area is 97.0 Å². The number of hydrogen-bond acceptors (Lipinski definition) is 3. The van der Waals surface area contributed by atoms with E-state index in [9.17, 15) is 0 Å². The highest BCUT2D eigenvalue weighted by atomic mass is 16.5. The van der Waals surface area contributed by atoms with Crippen LogP contribution in [-0.2, 0) is 4.74 Å². The van der Waals surface area contributed by atoms with Gasteiger partial charge in [0.2, 0.25) is 0 Å². The number of hydrogen-bond donors (Lipinski definition) is 1. The van der Waals surface area contributed by atoms with E-state index < -0.39 is 0 Å². The van der Waals surface area contributed by atoms with Crippen LogP contribution < -0.4 is 5.32 Å². The van der Waals surface area contributed by atoms with Crippen LogP contribution in [0.3, 0.4) is 0 Å². The Morgan fingerprint density at radius 3 is 2.88 bits per heavy atom. The summed E-state index contributed by atoms with van der Waals surface area (Å²) >= 11 is 0. The molecule has 0 saturated heterocycles. The second-order valence-corrected chi connectivity index (χ2v) is 3.79. The number of nitrogens with one attached hydrogen (secondary N) is 1. The van der Waals surface area contributed by atoms with Crippen molar-refractivity contribution in [1.29, 1.82) is 5.26 Å². The average Bonchev–Trinajstić information content (AvgIpc) is 2.29. The highest BCUT2D eigenvalue weighted by Gasteiger charge is 2.00. The molecule has 0 aliphatic heterocycles. The predicted octanol–water partition coefficient (Wildman–Crippen LogP) is 2.71. The molecule has 0 aliphatic carbocycles. The van der Waals surface area contributed by atoms with Crippen molar-refractivity contribution < 1.29 is 4.74 Å². The molecule has 1 rings (SSSR count).